The molecule has 3 nitrogen and oxygen atoms in total. The van der Waals surface area contributed by atoms with E-state index in [1.54, 1.807) is 6.08 Å². The summed E-state index contributed by atoms with van der Waals surface area (Å²) in [7, 11) is 0. The quantitative estimate of drug-likeness (QED) is 0.538. The number of esters is 1. The number of carbonyl (C=O) groups excluding carboxylic acids is 1. The van der Waals surface area contributed by atoms with E-state index in [2.05, 4.69) is 4.74 Å². The highest BCUT2D eigenvalue weighted by atomic mass is 16.6. The van der Waals surface area contributed by atoms with Crippen LogP contribution < -0.4 is 0 Å². The van der Waals surface area contributed by atoms with E-state index >= 15 is 0 Å². The monoisotopic (exact) mass is 152 g/mol. The molecule has 0 radical (unpaired) electrons. The molecule has 0 aliphatic carbocycles. The van der Waals surface area contributed by atoms with Gasteiger partial charge in [-0.1, -0.05) is 11.6 Å². The zero-order valence-corrected chi connectivity index (χ0v) is 6.55. The summed E-state index contributed by atoms with van der Waals surface area (Å²) >= 11 is 0. The predicted molar refractivity (Wildman–Crippen MR) is 41.7 cm³/mol. The molecule has 0 aromatic rings. The van der Waals surface area contributed by atoms with Crippen LogP contribution in [-0.4, -0.2) is 12.2 Å². The summed E-state index contributed by atoms with van der Waals surface area (Å²) in [6, 6.07) is 0. The van der Waals surface area contributed by atoms with Crippen LogP contribution in [0.1, 0.15) is 13.8 Å². The molecule has 3 heteroatoms. The Kier molecular flexibility index (Phi) is 2.10. The minimum atomic E-state index is -0.822. The molecular weight excluding hydrogens is 142 g/mol. The second-order valence-corrected chi connectivity index (χ2v) is 2.68. The highest BCUT2D eigenvalue weighted by molar-refractivity contribution is 5.86. The molecule has 60 valence electrons. The molecule has 0 aromatic heterocycles. The maximum Gasteiger partial charge on any atom is 0.329 e. The second-order valence-electron chi connectivity index (χ2n) is 2.68. The molecule has 1 N–H and O–H groups in total. The van der Waals surface area contributed by atoms with Gasteiger partial charge in [0.05, 0.1) is 0 Å². The van der Waals surface area contributed by atoms with Crippen LogP contribution in [0.15, 0.2) is 23.3 Å². The lowest BCUT2D eigenvalue weighted by Gasteiger charge is -2.13. The van der Waals surface area contributed by atoms with Crippen LogP contribution in [0.2, 0.25) is 0 Å². The van der Waals surface area contributed by atoms with E-state index in [4.69, 9.17) is 5.73 Å². The number of nitrogens with one attached hydrogen (secondary N) is 1. The molecule has 11 heavy (non-hydrogen) atoms. The van der Waals surface area contributed by atoms with Crippen LogP contribution in [0.3, 0.4) is 0 Å². The maximum atomic E-state index is 10.6. The van der Waals surface area contributed by atoms with E-state index in [-0.39, 0.29) is 0 Å². The van der Waals surface area contributed by atoms with Gasteiger partial charge in [0.15, 0.2) is 0 Å². The first-order valence-electron chi connectivity index (χ1n) is 3.38. The van der Waals surface area contributed by atoms with Gasteiger partial charge in [-0.3, -0.25) is 0 Å². The van der Waals surface area contributed by atoms with Crippen LogP contribution in [0, 0.1) is 0 Å². The van der Waals surface area contributed by atoms with Crippen molar-refractivity contribution in [1.82, 2.24) is 0 Å². The number of allylic oxidation sites excluding steroid dienone is 1. The fourth-order valence-electron chi connectivity index (χ4n) is 0.881. The molecule has 0 amide bonds. The Morgan fingerprint density at radius 1 is 1.73 bits per heavy atom. The minimum Gasteiger partial charge on any atom is -0.637 e. The molecule has 0 spiro atoms. The third-order valence-electron chi connectivity index (χ3n) is 1.28. The Labute approximate surface area is 65.5 Å². The molecule has 1 heterocycles. The summed E-state index contributed by atoms with van der Waals surface area (Å²) < 4.78 is 4.57. The van der Waals surface area contributed by atoms with Gasteiger partial charge in [0, 0.05) is 12.3 Å². The van der Waals surface area contributed by atoms with Gasteiger partial charge in [-0.15, -0.1) is 0 Å². The van der Waals surface area contributed by atoms with Gasteiger partial charge in [-0.05, 0) is 19.4 Å². The lowest BCUT2D eigenvalue weighted by molar-refractivity contribution is -0.137. The fraction of sp³-hybridized carbons (Fsp3) is 0.375. The summed E-state index contributed by atoms with van der Waals surface area (Å²) in [5.74, 6) is -0.419. The second kappa shape index (κ2) is 2.88. The Balaban J connectivity index is 2.80. The first-order valence-corrected chi connectivity index (χ1v) is 3.38. The molecule has 1 rings (SSSR count). The molecule has 0 saturated heterocycles. The summed E-state index contributed by atoms with van der Waals surface area (Å²) in [5, 5.41) is 0. The van der Waals surface area contributed by atoms with Crippen molar-refractivity contribution in [2.75, 3.05) is 0 Å². The number of rotatable bonds is 1. The summed E-state index contributed by atoms with van der Waals surface area (Å²) in [6.07, 6.45) is 2.31. The maximum absolute atomic E-state index is 10.6. The number of cyclic esters (lactones) is 1. The van der Waals surface area contributed by atoms with Crippen molar-refractivity contribution in [3.05, 3.63) is 29.0 Å². The largest absolute Gasteiger partial charge is 0.637 e. The van der Waals surface area contributed by atoms with Crippen LogP contribution in [0.5, 0.6) is 0 Å². The van der Waals surface area contributed by atoms with Crippen molar-refractivity contribution in [3.63, 3.8) is 0 Å². The number of ether oxygens (including phenoxy) is 1. The van der Waals surface area contributed by atoms with Crippen molar-refractivity contribution in [2.45, 2.75) is 20.1 Å². The Morgan fingerprint density at radius 3 is 2.73 bits per heavy atom. The van der Waals surface area contributed by atoms with Crippen LogP contribution in [-0.2, 0) is 9.53 Å². The van der Waals surface area contributed by atoms with Gasteiger partial charge in [0.1, 0.15) is 0 Å². The molecule has 0 fully saturated rings. The van der Waals surface area contributed by atoms with Gasteiger partial charge >= 0.3 is 5.97 Å². The standard InChI is InChI=1S/C8H10NO2/c1-5(2)3-6-4-7(10)11-8(6)9/h3-4,8-9H,1-2H3/q-1. The van der Waals surface area contributed by atoms with Gasteiger partial charge < -0.3 is 10.5 Å². The van der Waals surface area contributed by atoms with E-state index in [1.165, 1.54) is 6.08 Å². The highest BCUT2D eigenvalue weighted by Crippen LogP contribution is 2.17. The zero-order valence-electron chi connectivity index (χ0n) is 6.55. The zero-order chi connectivity index (χ0) is 8.43. The summed E-state index contributed by atoms with van der Waals surface area (Å²) in [5.41, 5.74) is 8.95. The van der Waals surface area contributed by atoms with Gasteiger partial charge in [-0.25, -0.2) is 4.79 Å². The van der Waals surface area contributed by atoms with Gasteiger partial charge in [0.2, 0.25) is 0 Å². The molecule has 1 unspecified atom stereocenters. The van der Waals surface area contributed by atoms with E-state index < -0.39 is 12.2 Å². The van der Waals surface area contributed by atoms with E-state index in [1.807, 2.05) is 13.8 Å². The van der Waals surface area contributed by atoms with E-state index in [0.717, 1.165) is 5.57 Å². The van der Waals surface area contributed by atoms with Crippen LogP contribution >= 0.6 is 0 Å². The lowest BCUT2D eigenvalue weighted by atomic mass is 10.2. The molecule has 0 bridgehead atoms. The van der Waals surface area contributed by atoms with Crippen molar-refractivity contribution in [1.29, 1.82) is 0 Å². The third kappa shape index (κ3) is 1.91. The molecule has 0 saturated carbocycles. The number of carbonyl (C=O) groups is 1. The van der Waals surface area contributed by atoms with Crippen molar-refractivity contribution >= 4 is 5.97 Å². The van der Waals surface area contributed by atoms with E-state index in [0.29, 0.717) is 5.57 Å². The predicted octanol–water partition coefficient (Wildman–Crippen LogP) is 1.81. The molecular formula is C8H10NO2-. The van der Waals surface area contributed by atoms with Crippen molar-refractivity contribution in [2.24, 2.45) is 0 Å². The minimum absolute atomic E-state index is 0.419. The van der Waals surface area contributed by atoms with Crippen molar-refractivity contribution < 1.29 is 9.53 Å². The molecule has 1 aliphatic rings. The summed E-state index contributed by atoms with van der Waals surface area (Å²) in [4.78, 5) is 10.6. The fourth-order valence-corrected chi connectivity index (χ4v) is 0.881. The van der Waals surface area contributed by atoms with Crippen LogP contribution in [0.25, 0.3) is 5.73 Å². The highest BCUT2D eigenvalue weighted by Gasteiger charge is 2.14. The smallest absolute Gasteiger partial charge is 0.329 e. The third-order valence-corrected chi connectivity index (χ3v) is 1.28. The number of hydrogen-bond donors (Lipinski definition) is 0. The number of hydrogen-bond acceptors (Lipinski definition) is 2. The Hall–Kier alpha value is -1.09. The first kappa shape index (κ1) is 8.01. The average Bonchev–Trinajstić information content (AvgIpc) is 2.09. The van der Waals surface area contributed by atoms with E-state index in [9.17, 15) is 4.79 Å². The molecule has 1 atom stereocenters. The molecule has 0 aromatic carbocycles. The molecule has 1 aliphatic heterocycles. The van der Waals surface area contributed by atoms with Gasteiger partial charge in [0.25, 0.3) is 0 Å². The van der Waals surface area contributed by atoms with Crippen molar-refractivity contribution in [3.8, 4) is 0 Å². The topological polar surface area (TPSA) is 50.1 Å². The Bertz CT molecular complexity index is 236. The van der Waals surface area contributed by atoms with Crippen LogP contribution in [0.4, 0.5) is 0 Å². The summed E-state index contributed by atoms with van der Waals surface area (Å²) in [6.45, 7) is 3.83. The van der Waals surface area contributed by atoms with Gasteiger partial charge in [-0.2, -0.15) is 0 Å². The average molecular weight is 152 g/mol. The Morgan fingerprint density at radius 2 is 2.36 bits per heavy atom. The SMILES string of the molecule is CC(C)=CC1=CC(=O)OC1[NH-]. The first-order chi connectivity index (χ1) is 5.09. The normalized spacial score (nSPS) is 22.6. The lowest BCUT2D eigenvalue weighted by Crippen LogP contribution is -2.03.